The molecule has 0 spiro atoms. The topological polar surface area (TPSA) is 0 Å². The minimum atomic E-state index is 1.38. The average Bonchev–Trinajstić information content (AvgIpc) is 3.42. The van der Waals surface area contributed by atoms with Crippen molar-refractivity contribution in [3.05, 3.63) is 79.5 Å². The molecule has 0 aromatic carbocycles. The Morgan fingerprint density at radius 1 is 0.375 bits per heavy atom. The Morgan fingerprint density at radius 2 is 0.594 bits per heavy atom. The van der Waals surface area contributed by atoms with E-state index < -0.39 is 0 Å². The van der Waals surface area contributed by atoms with Crippen LogP contribution in [0, 0.1) is 0 Å². The molecule has 0 unspecified atom stereocenters. The molecule has 0 nitrogen and oxygen atoms in total. The molecule has 0 saturated carbocycles. The van der Waals surface area contributed by atoms with Crippen LogP contribution in [0.4, 0.5) is 0 Å². The maximum Gasteiger partial charge on any atom is 0.0572 e. The first-order valence-corrected chi connectivity index (χ1v) is 16.7. The predicted molar refractivity (Wildman–Crippen MR) is 164 cm³/mol. The molecule has 4 heterocycles. The van der Waals surface area contributed by atoms with Gasteiger partial charge in [-0.05, 0) is 107 Å². The van der Waals surface area contributed by atoms with Gasteiger partial charge in [-0.1, -0.05) is 94.1 Å². The zero-order chi connectivity index (χ0) is 23.2. The lowest BCUT2D eigenvalue weighted by Gasteiger charge is -2.14. The van der Waals surface area contributed by atoms with Gasteiger partial charge in [0.15, 0.2) is 0 Å². The van der Waals surface area contributed by atoms with Crippen LogP contribution in [-0.4, -0.2) is 0 Å². The molecule has 0 radical (unpaired) electrons. The number of thioether (sulfide) groups is 8. The van der Waals surface area contributed by atoms with Gasteiger partial charge in [0.1, 0.15) is 0 Å². The summed E-state index contributed by atoms with van der Waals surface area (Å²) in [4.78, 5) is 11.4. The number of rotatable bonds is 3. The van der Waals surface area contributed by atoms with E-state index in [2.05, 4.69) is 67.5 Å². The van der Waals surface area contributed by atoms with Crippen LogP contribution in [0.5, 0.6) is 0 Å². The minimum Gasteiger partial charge on any atom is -0.0866 e. The van der Waals surface area contributed by atoms with Crippen molar-refractivity contribution in [2.75, 3.05) is 0 Å². The Balaban J connectivity index is 1.83. The summed E-state index contributed by atoms with van der Waals surface area (Å²) in [5.74, 6) is 0. The highest BCUT2D eigenvalue weighted by molar-refractivity contribution is 8.30. The van der Waals surface area contributed by atoms with Crippen molar-refractivity contribution in [1.82, 2.24) is 0 Å². The zero-order valence-electron chi connectivity index (χ0n) is 19.4. The highest BCUT2D eigenvalue weighted by Gasteiger charge is 2.27. The van der Waals surface area contributed by atoms with Crippen molar-refractivity contribution in [3.63, 3.8) is 0 Å². The summed E-state index contributed by atoms with van der Waals surface area (Å²) in [5, 5.41) is 0. The molecule has 8 heteroatoms. The second-order valence-corrected chi connectivity index (χ2v) is 18.6. The second-order valence-electron chi connectivity index (χ2n) is 7.59. The quantitative estimate of drug-likeness (QED) is 0.324. The highest BCUT2D eigenvalue weighted by Crippen LogP contribution is 2.58. The van der Waals surface area contributed by atoms with E-state index in [1.807, 2.05) is 94.1 Å². The van der Waals surface area contributed by atoms with Gasteiger partial charge < -0.3 is 0 Å². The molecule has 0 aromatic heterocycles. The van der Waals surface area contributed by atoms with Crippen molar-refractivity contribution in [1.29, 1.82) is 0 Å². The smallest absolute Gasteiger partial charge is 0.0572 e. The molecule has 0 bridgehead atoms. The Labute approximate surface area is 227 Å². The van der Waals surface area contributed by atoms with Gasteiger partial charge in [-0.3, -0.25) is 0 Å². The summed E-state index contributed by atoms with van der Waals surface area (Å²) in [6, 6.07) is 0. The minimum absolute atomic E-state index is 1.38. The lowest BCUT2D eigenvalue weighted by atomic mass is 10.1. The molecular weight excluding hydrogens is 545 g/mol. The molecule has 170 valence electrons. The Kier molecular flexibility index (Phi) is 8.68. The van der Waals surface area contributed by atoms with Gasteiger partial charge in [0.2, 0.25) is 0 Å². The molecule has 0 fully saturated rings. The third kappa shape index (κ3) is 5.75. The summed E-state index contributed by atoms with van der Waals surface area (Å²) >= 11 is 15.4. The van der Waals surface area contributed by atoms with Crippen molar-refractivity contribution in [2.45, 2.75) is 55.4 Å². The SMILES string of the molecule is CC1=C(C)SC(=CC(=C2SC(C)=C(C)S2)C(C=C2SC(C)=C(C)S2)=C2SC(C)=C(C)S2)S1. The summed E-state index contributed by atoms with van der Waals surface area (Å²) in [6.07, 6.45) is 4.91. The van der Waals surface area contributed by atoms with Crippen LogP contribution >= 0.6 is 94.1 Å². The van der Waals surface area contributed by atoms with Gasteiger partial charge in [0.25, 0.3) is 0 Å². The van der Waals surface area contributed by atoms with Gasteiger partial charge in [-0.2, -0.15) is 0 Å². The van der Waals surface area contributed by atoms with Crippen LogP contribution in [0.1, 0.15) is 55.4 Å². The summed E-state index contributed by atoms with van der Waals surface area (Å²) < 4.78 is 5.59. The van der Waals surface area contributed by atoms with Crippen LogP contribution in [0.2, 0.25) is 0 Å². The number of hydrogen-bond acceptors (Lipinski definition) is 8. The Hall–Kier alpha value is 0.720. The van der Waals surface area contributed by atoms with E-state index in [0.29, 0.717) is 0 Å². The van der Waals surface area contributed by atoms with Crippen molar-refractivity contribution >= 4 is 94.1 Å². The third-order valence-electron chi connectivity index (χ3n) is 5.24. The van der Waals surface area contributed by atoms with E-state index in [1.54, 1.807) is 0 Å². The van der Waals surface area contributed by atoms with Crippen molar-refractivity contribution < 1.29 is 0 Å². The summed E-state index contributed by atoms with van der Waals surface area (Å²) in [7, 11) is 0. The summed E-state index contributed by atoms with van der Waals surface area (Å²) in [6.45, 7) is 17.9. The molecule has 0 saturated heterocycles. The van der Waals surface area contributed by atoms with Gasteiger partial charge in [0.05, 0.1) is 8.47 Å². The lowest BCUT2D eigenvalue weighted by Crippen LogP contribution is -1.91. The molecule has 0 amide bonds. The van der Waals surface area contributed by atoms with Crippen molar-refractivity contribution in [2.24, 2.45) is 0 Å². The fraction of sp³-hybridized carbons (Fsp3) is 0.333. The second kappa shape index (κ2) is 10.8. The molecule has 4 rings (SSSR count). The first-order chi connectivity index (χ1) is 15.1. The summed E-state index contributed by atoms with van der Waals surface area (Å²) in [5.41, 5.74) is 2.75. The molecule has 0 N–H and O–H groups in total. The van der Waals surface area contributed by atoms with E-state index in [9.17, 15) is 0 Å². The van der Waals surface area contributed by atoms with E-state index >= 15 is 0 Å². The largest absolute Gasteiger partial charge is 0.0866 e. The first-order valence-electron chi connectivity index (χ1n) is 10.2. The lowest BCUT2D eigenvalue weighted by molar-refractivity contribution is 1.57. The van der Waals surface area contributed by atoms with Crippen LogP contribution in [-0.2, 0) is 0 Å². The normalized spacial score (nSPS) is 21.9. The standard InChI is InChI=1S/C24H26S8/c1-11-12(2)26-21(25-11)9-19(23-29-15(5)16(6)30-23)20(24-31-17(7)18(8)32-24)10-22-27-13(3)14(4)28-22/h9-10H,1-8H3. The van der Waals surface area contributed by atoms with E-state index in [-0.39, 0.29) is 0 Å². The van der Waals surface area contributed by atoms with Crippen LogP contribution in [0.3, 0.4) is 0 Å². The first kappa shape index (κ1) is 25.8. The van der Waals surface area contributed by atoms with E-state index in [4.69, 9.17) is 0 Å². The average molecular weight is 571 g/mol. The van der Waals surface area contributed by atoms with Gasteiger partial charge in [0, 0.05) is 19.6 Å². The number of allylic oxidation sites excluding steroid dienone is 12. The van der Waals surface area contributed by atoms with Crippen LogP contribution in [0.25, 0.3) is 0 Å². The van der Waals surface area contributed by atoms with Gasteiger partial charge >= 0.3 is 0 Å². The molecule has 0 atom stereocenters. The fourth-order valence-corrected chi connectivity index (χ4v) is 12.8. The van der Waals surface area contributed by atoms with Gasteiger partial charge in [-0.25, -0.2) is 0 Å². The van der Waals surface area contributed by atoms with Crippen molar-refractivity contribution in [3.8, 4) is 0 Å². The van der Waals surface area contributed by atoms with Gasteiger partial charge in [-0.15, -0.1) is 0 Å². The molecule has 0 aromatic rings. The zero-order valence-corrected chi connectivity index (χ0v) is 26.0. The Morgan fingerprint density at radius 3 is 0.844 bits per heavy atom. The molecule has 4 aliphatic heterocycles. The highest BCUT2D eigenvalue weighted by atomic mass is 32.2. The third-order valence-corrected chi connectivity index (χ3v) is 15.5. The number of hydrogen-bond donors (Lipinski definition) is 0. The van der Waals surface area contributed by atoms with Crippen LogP contribution in [0.15, 0.2) is 79.5 Å². The van der Waals surface area contributed by atoms with Crippen LogP contribution < -0.4 is 0 Å². The molecule has 32 heavy (non-hydrogen) atoms. The molecule has 4 aliphatic rings. The van der Waals surface area contributed by atoms with E-state index in [0.717, 1.165) is 0 Å². The maximum absolute atomic E-state index is 2.46. The molecule has 0 aliphatic carbocycles. The maximum atomic E-state index is 2.46. The Bertz CT molecular complexity index is 980. The molecular formula is C24H26S8. The fourth-order valence-electron chi connectivity index (χ4n) is 2.88. The predicted octanol–water partition coefficient (Wildman–Crippen LogP) is 12.0. The monoisotopic (exact) mass is 570 g/mol. The van der Waals surface area contributed by atoms with E-state index in [1.165, 1.54) is 67.3 Å².